The minimum atomic E-state index is -0.427. The number of carbonyl (C=O) groups is 2. The third-order valence-electron chi connectivity index (χ3n) is 2.59. The summed E-state index contributed by atoms with van der Waals surface area (Å²) >= 11 is 0. The summed E-state index contributed by atoms with van der Waals surface area (Å²) in [5.41, 5.74) is 5.43. The third-order valence-corrected chi connectivity index (χ3v) is 2.59. The summed E-state index contributed by atoms with van der Waals surface area (Å²) in [6.07, 6.45) is 3.18. The van der Waals surface area contributed by atoms with E-state index in [0.29, 0.717) is 18.8 Å². The average molecular weight is 237 g/mol. The quantitative estimate of drug-likeness (QED) is 0.618. The predicted molar refractivity (Wildman–Crippen MR) is 60.8 cm³/mol. The summed E-state index contributed by atoms with van der Waals surface area (Å²) < 4.78 is 1.44. The van der Waals surface area contributed by atoms with Crippen LogP contribution in [0.1, 0.15) is 12.8 Å². The number of hydrogen-bond acceptors (Lipinski definition) is 4. The Labute approximate surface area is 98.4 Å². The number of anilines is 1. The maximum atomic E-state index is 11.6. The summed E-state index contributed by atoms with van der Waals surface area (Å²) in [6.45, 7) is 0.752. The second-order valence-electron chi connectivity index (χ2n) is 3.99. The van der Waals surface area contributed by atoms with Gasteiger partial charge >= 0.3 is 0 Å². The molecule has 1 aliphatic heterocycles. The van der Waals surface area contributed by atoms with Gasteiger partial charge in [0.2, 0.25) is 11.8 Å². The van der Waals surface area contributed by atoms with Gasteiger partial charge in [0.25, 0.3) is 0 Å². The van der Waals surface area contributed by atoms with Crippen LogP contribution in [-0.4, -0.2) is 34.2 Å². The molecule has 0 aromatic carbocycles. The number of hydrogen-bond donors (Lipinski definition) is 3. The highest BCUT2D eigenvalue weighted by molar-refractivity contribution is 5.87. The molecule has 1 saturated heterocycles. The van der Waals surface area contributed by atoms with Gasteiger partial charge in [0.05, 0.1) is 0 Å². The number of piperidine rings is 1. The normalized spacial score (nSPS) is 19.8. The molecule has 0 radical (unpaired) electrons. The van der Waals surface area contributed by atoms with Crippen LogP contribution in [0.2, 0.25) is 0 Å². The topological polar surface area (TPSA) is 102 Å². The van der Waals surface area contributed by atoms with Crippen molar-refractivity contribution in [2.75, 3.05) is 12.3 Å². The fraction of sp³-hybridized carbons (Fsp3) is 0.500. The molecule has 4 N–H and O–H groups in total. The van der Waals surface area contributed by atoms with Crippen molar-refractivity contribution in [1.29, 1.82) is 0 Å². The van der Waals surface area contributed by atoms with Gasteiger partial charge in [-0.1, -0.05) is 0 Å². The number of aromatic nitrogens is 2. The van der Waals surface area contributed by atoms with E-state index in [-0.39, 0.29) is 18.4 Å². The van der Waals surface area contributed by atoms with Gasteiger partial charge in [-0.05, 0) is 18.9 Å². The smallest absolute Gasteiger partial charge is 0.242 e. The lowest BCUT2D eigenvalue weighted by atomic mass is 10.1. The monoisotopic (exact) mass is 237 g/mol. The van der Waals surface area contributed by atoms with Gasteiger partial charge in [0.1, 0.15) is 18.4 Å². The fourth-order valence-electron chi connectivity index (χ4n) is 1.76. The van der Waals surface area contributed by atoms with Gasteiger partial charge in [-0.25, -0.2) is 0 Å². The van der Waals surface area contributed by atoms with Crippen molar-refractivity contribution in [1.82, 2.24) is 20.4 Å². The van der Waals surface area contributed by atoms with Crippen molar-refractivity contribution in [3.05, 3.63) is 12.3 Å². The molecule has 1 atom stereocenters. The lowest BCUT2D eigenvalue weighted by molar-refractivity contribution is -0.130. The molecule has 0 bridgehead atoms. The van der Waals surface area contributed by atoms with Crippen LogP contribution in [-0.2, 0) is 16.1 Å². The van der Waals surface area contributed by atoms with Gasteiger partial charge in [0, 0.05) is 12.7 Å². The van der Waals surface area contributed by atoms with E-state index >= 15 is 0 Å². The molecule has 2 rings (SSSR count). The maximum Gasteiger partial charge on any atom is 0.242 e. The van der Waals surface area contributed by atoms with E-state index in [2.05, 4.69) is 15.7 Å². The first-order chi connectivity index (χ1) is 8.15. The zero-order valence-corrected chi connectivity index (χ0v) is 9.35. The van der Waals surface area contributed by atoms with Gasteiger partial charge < -0.3 is 16.4 Å². The summed E-state index contributed by atoms with van der Waals surface area (Å²) in [4.78, 5) is 23.1. The van der Waals surface area contributed by atoms with E-state index < -0.39 is 6.04 Å². The lowest BCUT2D eigenvalue weighted by Crippen LogP contribution is -2.50. The van der Waals surface area contributed by atoms with Crippen LogP contribution in [0.5, 0.6) is 0 Å². The van der Waals surface area contributed by atoms with E-state index in [0.717, 1.165) is 6.42 Å². The largest absolute Gasteiger partial charge is 0.382 e. The van der Waals surface area contributed by atoms with Crippen molar-refractivity contribution < 1.29 is 9.59 Å². The molecule has 2 heterocycles. The highest BCUT2D eigenvalue weighted by Gasteiger charge is 2.23. The fourth-order valence-corrected chi connectivity index (χ4v) is 1.76. The molecule has 0 spiro atoms. The van der Waals surface area contributed by atoms with Gasteiger partial charge in [-0.2, -0.15) is 5.10 Å². The Balaban J connectivity index is 1.86. The number of nitrogens with zero attached hydrogens (tertiary/aromatic N) is 2. The molecule has 17 heavy (non-hydrogen) atoms. The Morgan fingerprint density at radius 1 is 1.71 bits per heavy atom. The van der Waals surface area contributed by atoms with Crippen molar-refractivity contribution in [2.45, 2.75) is 25.4 Å². The van der Waals surface area contributed by atoms with Gasteiger partial charge in [0.15, 0.2) is 0 Å². The first kappa shape index (κ1) is 11.4. The second kappa shape index (κ2) is 4.86. The number of nitrogen functional groups attached to an aromatic ring is 1. The van der Waals surface area contributed by atoms with Crippen molar-refractivity contribution in [2.24, 2.45) is 0 Å². The van der Waals surface area contributed by atoms with Crippen molar-refractivity contribution >= 4 is 17.6 Å². The number of carbonyl (C=O) groups excluding carboxylic acids is 2. The van der Waals surface area contributed by atoms with Gasteiger partial charge in [-0.3, -0.25) is 14.3 Å². The molecule has 0 aliphatic carbocycles. The summed E-state index contributed by atoms with van der Waals surface area (Å²) in [5.74, 6) is 0.00735. The Kier molecular flexibility index (Phi) is 3.27. The second-order valence-corrected chi connectivity index (χ2v) is 3.99. The molecule has 1 fully saturated rings. The Morgan fingerprint density at radius 3 is 3.18 bits per heavy atom. The van der Waals surface area contributed by atoms with Crippen molar-refractivity contribution in [3.63, 3.8) is 0 Å². The van der Waals surface area contributed by atoms with Crippen LogP contribution in [0.15, 0.2) is 12.3 Å². The molecule has 1 aliphatic rings. The maximum absolute atomic E-state index is 11.6. The minimum absolute atomic E-state index is 0.0704. The molecule has 2 amide bonds. The SMILES string of the molecule is Nc1ccn(CC(=O)NC2CCCNC2=O)n1. The molecule has 7 heteroatoms. The lowest BCUT2D eigenvalue weighted by Gasteiger charge is -2.22. The van der Waals surface area contributed by atoms with Crippen LogP contribution in [0.4, 0.5) is 5.82 Å². The number of nitrogens with two attached hydrogens (primary N) is 1. The third kappa shape index (κ3) is 2.96. The van der Waals surface area contributed by atoms with E-state index in [1.165, 1.54) is 4.68 Å². The highest BCUT2D eigenvalue weighted by atomic mass is 16.2. The molecule has 1 aromatic heterocycles. The van der Waals surface area contributed by atoms with Crippen LogP contribution >= 0.6 is 0 Å². The van der Waals surface area contributed by atoms with E-state index in [9.17, 15) is 9.59 Å². The molecule has 0 saturated carbocycles. The molecule has 1 unspecified atom stereocenters. The van der Waals surface area contributed by atoms with Crippen LogP contribution in [0.25, 0.3) is 0 Å². The molecule has 1 aromatic rings. The Hall–Kier alpha value is -2.05. The zero-order chi connectivity index (χ0) is 12.3. The highest BCUT2D eigenvalue weighted by Crippen LogP contribution is 2.03. The van der Waals surface area contributed by atoms with Crippen molar-refractivity contribution in [3.8, 4) is 0 Å². The number of amides is 2. The van der Waals surface area contributed by atoms with Crippen LogP contribution in [0, 0.1) is 0 Å². The molecule has 7 nitrogen and oxygen atoms in total. The molecular formula is C10H15N5O2. The van der Waals surface area contributed by atoms with E-state index in [1.54, 1.807) is 12.3 Å². The standard InChI is InChI=1S/C10H15N5O2/c11-8-3-5-15(14-8)6-9(16)13-7-2-1-4-12-10(7)17/h3,5,7H,1-2,4,6H2,(H2,11,14)(H,12,17)(H,13,16). The first-order valence-corrected chi connectivity index (χ1v) is 5.51. The van der Waals surface area contributed by atoms with Crippen LogP contribution in [0.3, 0.4) is 0 Å². The minimum Gasteiger partial charge on any atom is -0.382 e. The van der Waals surface area contributed by atoms with E-state index in [4.69, 9.17) is 5.73 Å². The zero-order valence-electron chi connectivity index (χ0n) is 9.35. The predicted octanol–water partition coefficient (Wildman–Crippen LogP) is -1.14. The van der Waals surface area contributed by atoms with Gasteiger partial charge in [-0.15, -0.1) is 0 Å². The van der Waals surface area contributed by atoms with Crippen LogP contribution < -0.4 is 16.4 Å². The van der Waals surface area contributed by atoms with E-state index in [1.807, 2.05) is 0 Å². The Bertz CT molecular complexity index is 428. The summed E-state index contributed by atoms with van der Waals surface area (Å²) in [5, 5.41) is 9.28. The summed E-state index contributed by atoms with van der Waals surface area (Å²) in [7, 11) is 0. The molecular weight excluding hydrogens is 222 g/mol. The Morgan fingerprint density at radius 2 is 2.53 bits per heavy atom. The summed E-state index contributed by atoms with van der Waals surface area (Å²) in [6, 6.07) is 1.18. The number of nitrogens with one attached hydrogen (secondary N) is 2. The number of rotatable bonds is 3. The average Bonchev–Trinajstić information content (AvgIpc) is 2.67. The first-order valence-electron chi connectivity index (χ1n) is 5.51. The molecule has 92 valence electrons.